The lowest BCUT2D eigenvalue weighted by Crippen LogP contribution is -2.39. The lowest BCUT2D eigenvalue weighted by Gasteiger charge is -2.36. The minimum absolute atomic E-state index is 0.0259. The maximum absolute atomic E-state index is 12.3. The molecule has 660 valence electrons. The Balaban J connectivity index is 0.000000237. The van der Waals surface area contributed by atoms with E-state index >= 15 is 0 Å². The number of carboxylic acids is 1. The fourth-order valence-electron chi connectivity index (χ4n) is 18.1. The zero-order valence-corrected chi connectivity index (χ0v) is 76.0. The number of aliphatic carboxylic acids is 1. The van der Waals surface area contributed by atoms with Crippen LogP contribution in [0.2, 0.25) is 0 Å². The van der Waals surface area contributed by atoms with E-state index < -0.39 is 47.9 Å². The smallest absolute Gasteiger partial charge is 0.304 e. The van der Waals surface area contributed by atoms with Crippen molar-refractivity contribution in [3.63, 3.8) is 0 Å². The minimum atomic E-state index is -4.47. The van der Waals surface area contributed by atoms with Crippen LogP contribution in [0.1, 0.15) is 153 Å². The molecule has 0 spiro atoms. The molecule has 7 aliphatic heterocycles. The first-order valence-corrected chi connectivity index (χ1v) is 48.0. The summed E-state index contributed by atoms with van der Waals surface area (Å²) >= 11 is 14.7. The number of halogens is 1. The highest BCUT2D eigenvalue weighted by molar-refractivity contribution is 8.03. The molecule has 8 aliphatic rings. The van der Waals surface area contributed by atoms with Gasteiger partial charge >= 0.3 is 5.97 Å². The Kier molecular flexibility index (Phi) is 34.3. The Hall–Kier alpha value is -4.83. The van der Waals surface area contributed by atoms with Gasteiger partial charge in [0.1, 0.15) is 13.1 Å². The molecule has 31 nitrogen and oxygen atoms in total. The number of carboxylic acid groups (broad SMARTS) is 1. The van der Waals surface area contributed by atoms with Crippen LogP contribution < -0.4 is 4.90 Å². The molecule has 5 unspecified atom stereocenters. The summed E-state index contributed by atoms with van der Waals surface area (Å²) in [6.07, 6.45) is 24.1. The molecule has 0 amide bonds. The largest absolute Gasteiger partial charge is 0.481 e. The Morgan fingerprint density at radius 3 is 1.49 bits per heavy atom. The average molecular weight is 1870 g/mol. The van der Waals surface area contributed by atoms with Gasteiger partial charge in [0, 0.05) is 199 Å². The van der Waals surface area contributed by atoms with Crippen LogP contribution in [0.5, 0.6) is 0 Å². The van der Waals surface area contributed by atoms with E-state index in [0.29, 0.717) is 66.3 Å². The summed E-state index contributed by atoms with van der Waals surface area (Å²) in [5, 5.41) is 85.1. The van der Waals surface area contributed by atoms with Gasteiger partial charge in [0.2, 0.25) is 11.4 Å². The number of anilines is 1. The van der Waals surface area contributed by atoms with Gasteiger partial charge in [-0.05, 0) is 192 Å². The van der Waals surface area contributed by atoms with Crippen LogP contribution in [-0.2, 0) is 103 Å². The van der Waals surface area contributed by atoms with Gasteiger partial charge in [-0.1, -0.05) is 105 Å². The highest BCUT2D eigenvalue weighted by Crippen LogP contribution is 2.56. The lowest BCUT2D eigenvalue weighted by molar-refractivity contribution is -0.438. The number of likely N-dealkylation sites (N-methyl/N-ethyl adjacent to an activating group) is 2. The van der Waals surface area contributed by atoms with Crippen LogP contribution in [0, 0.1) is 0 Å². The van der Waals surface area contributed by atoms with Crippen LogP contribution in [0.15, 0.2) is 184 Å². The third-order valence-corrected chi connectivity index (χ3v) is 30.6. The monoisotopic (exact) mass is 1870 g/mol. The number of hydrogen-bond acceptors (Lipinski definition) is 33. The molecular formula is C80H100ClN5O26S9+2. The van der Waals surface area contributed by atoms with Crippen molar-refractivity contribution in [2.75, 3.05) is 67.4 Å². The first-order chi connectivity index (χ1) is 57.7. The zero-order valence-electron chi connectivity index (χ0n) is 67.9. The molecule has 4 aromatic carbocycles. The minimum Gasteiger partial charge on any atom is -0.481 e. The topological polar surface area (TPSA) is 394 Å². The molecule has 41 heteroatoms. The van der Waals surface area contributed by atoms with Crippen molar-refractivity contribution in [3.8, 4) is 0 Å². The third kappa shape index (κ3) is 22.0. The Morgan fingerprint density at radius 1 is 0.512 bits per heavy atom. The zero-order chi connectivity index (χ0) is 87.4. The predicted octanol–water partition coefficient (Wildman–Crippen LogP) is 18.3. The summed E-state index contributed by atoms with van der Waals surface area (Å²) in [4.78, 5) is 20.9. The van der Waals surface area contributed by atoms with E-state index in [9.17, 15) is 35.8 Å². The van der Waals surface area contributed by atoms with Crippen molar-refractivity contribution < 1.29 is 133 Å². The van der Waals surface area contributed by atoms with Crippen molar-refractivity contribution in [2.24, 2.45) is 0 Å². The summed E-state index contributed by atoms with van der Waals surface area (Å²) in [6, 6.07) is 21.6. The maximum Gasteiger partial charge on any atom is 0.304 e. The van der Waals surface area contributed by atoms with E-state index in [1.54, 1.807) is 18.2 Å². The summed E-state index contributed by atoms with van der Waals surface area (Å²) in [7, 11) is -4.63. The van der Waals surface area contributed by atoms with Crippen LogP contribution in [0.4, 0.5) is 17.1 Å². The number of allylic oxidation sites excluding steroid dienone is 8. The molecule has 4 aromatic rings. The number of thioether (sulfide) groups is 1. The quantitative estimate of drug-likeness (QED) is 0.00497. The SMILES string of the molecule is CN1C2CCC1/C(=C\C=C1\C(CCCSOOO)c3ccc(S(=O)(=O)O)cc3C1(C)C)C(Cl)=C2/C=C/C1=[N+](CCCSOOO)c2ccc(SOOO)cc2C1(C)C.CN1C2CCC1/C(=C\C=C1\N(CCCSOOO)c3ccc(S(=O)(=O)O)cc3C1(C)C)C(SCCC(=O)O)=C2/C=C/C1=[N+](CCCSOOO)c2ccc(SOOO)cc2C1(C)C. The van der Waals surface area contributed by atoms with E-state index in [4.69, 9.17) is 51.8 Å². The second-order valence-electron chi connectivity index (χ2n) is 31.7. The van der Waals surface area contributed by atoms with E-state index in [1.165, 1.54) is 30.0 Å². The standard InChI is InChI=1S/C41H51N3O14S5.C39H47ClN2O12S4/c1-40(2)30-24-26(62-58-55-49)8-12-34(30)43(19-6-21-60-56-53-47)36(40)16-10-28-32-14-15-33(42(32)5)29(39(28)59-23-18-38(45)46)11-17-37-41(3,4)31-25-27(63(50,51)52)9-13-35(31)44(37)20-7-22-61-57-54-48;1-38(2)30(26(8-6-20-55-52-49-43)27-11-10-25(23-31(27)38)58(46,47)48)14-12-28-33-16-17-34(41(33)5)29(37(28)40)13-18-36-39(3,4)32-22-24(57-54-51-45)9-15-35(32)42(36)19-7-21-56-53-50-44/h8-13,16-17,24-25,32-33H,6-7,14-15,18-23H2,1-5H3,(H4-,45,46,47,48,49,50,51,52);9-15,18,22-23,26,33-34H,6-8,16-17,19-21H2,1-5H3,(H3-,43,44,45,46,47,48)/p+2/b;18-13+,28-12+,30-14-. The van der Waals surface area contributed by atoms with Crippen molar-refractivity contribution in [3.05, 3.63) is 193 Å². The van der Waals surface area contributed by atoms with Crippen LogP contribution in [-0.4, -0.2) is 186 Å². The highest BCUT2D eigenvalue weighted by atomic mass is 35.5. The van der Waals surface area contributed by atoms with Crippen molar-refractivity contribution >= 4 is 150 Å². The van der Waals surface area contributed by atoms with Gasteiger partial charge in [-0.15, -0.1) is 37.8 Å². The van der Waals surface area contributed by atoms with Crippen LogP contribution >= 0.6 is 95.6 Å². The average Bonchev–Trinajstić information content (AvgIpc) is 1.59. The Labute approximate surface area is 738 Å². The first-order valence-electron chi connectivity index (χ1n) is 38.6. The molecule has 2 fully saturated rings. The van der Waals surface area contributed by atoms with Crippen molar-refractivity contribution in [1.29, 1.82) is 0 Å². The molecule has 2 saturated heterocycles. The second kappa shape index (κ2) is 42.9. The molecule has 12 rings (SSSR count). The molecule has 121 heavy (non-hydrogen) atoms. The van der Waals surface area contributed by atoms with E-state index in [1.807, 2.05) is 50.2 Å². The Morgan fingerprint density at radius 2 is 0.975 bits per heavy atom. The summed E-state index contributed by atoms with van der Waals surface area (Å²) < 4.78 is 101. The van der Waals surface area contributed by atoms with Gasteiger partial charge in [0.25, 0.3) is 20.2 Å². The Bertz CT molecular complexity index is 5020. The number of hydrogen-bond donors (Lipinski definition) is 9. The van der Waals surface area contributed by atoms with E-state index in [2.05, 4.69) is 176 Å². The summed E-state index contributed by atoms with van der Waals surface area (Å²) in [6.45, 7) is 18.6. The molecule has 5 atom stereocenters. The second-order valence-corrected chi connectivity index (χ2v) is 40.7. The number of rotatable bonds is 42. The molecule has 9 N–H and O–H groups in total. The molecule has 7 heterocycles. The molecule has 0 saturated carbocycles. The molecule has 0 radical (unpaired) electrons. The van der Waals surface area contributed by atoms with Gasteiger partial charge < -0.3 is 10.0 Å². The number of fused-ring (bicyclic) bond motifs is 8. The van der Waals surface area contributed by atoms with Gasteiger partial charge in [-0.3, -0.25) is 23.7 Å². The van der Waals surface area contributed by atoms with Gasteiger partial charge in [-0.2, -0.15) is 26.0 Å². The van der Waals surface area contributed by atoms with Gasteiger partial charge in [0.05, 0.1) is 56.2 Å². The predicted molar refractivity (Wildman–Crippen MR) is 465 cm³/mol. The molecule has 0 aromatic heterocycles. The fourth-order valence-corrected chi connectivity index (χ4v) is 22.9. The van der Waals surface area contributed by atoms with Gasteiger partial charge in [0.15, 0.2) is 11.4 Å². The molecule has 4 bridgehead atoms. The summed E-state index contributed by atoms with van der Waals surface area (Å²) in [5.74, 6) is 1.57. The normalized spacial score (nSPS) is 22.8. The van der Waals surface area contributed by atoms with Crippen LogP contribution in [0.25, 0.3) is 0 Å². The molecule has 1 aliphatic carbocycles. The molecular weight excluding hydrogens is 1770 g/mol. The van der Waals surface area contributed by atoms with Crippen LogP contribution in [0.3, 0.4) is 0 Å². The van der Waals surface area contributed by atoms with Crippen molar-refractivity contribution in [1.82, 2.24) is 9.80 Å². The van der Waals surface area contributed by atoms with Crippen molar-refractivity contribution in [2.45, 2.75) is 191 Å². The first kappa shape index (κ1) is 96.8. The fraction of sp³-hybridized carbons (Fsp3) is 0.463. The number of carbonyl (C=O) groups is 1. The third-order valence-electron chi connectivity index (χ3n) is 23.7. The van der Waals surface area contributed by atoms with E-state index in [-0.39, 0.29) is 46.3 Å². The van der Waals surface area contributed by atoms with E-state index in [0.717, 1.165) is 222 Å². The summed E-state index contributed by atoms with van der Waals surface area (Å²) in [5.41, 5.74) is 13.5. The number of nitrogens with zero attached hydrogens (tertiary/aromatic N) is 5. The maximum atomic E-state index is 12.3. The highest BCUT2D eigenvalue weighted by Gasteiger charge is 2.50. The lowest BCUT2D eigenvalue weighted by atomic mass is 9.79. The van der Waals surface area contributed by atoms with Gasteiger partial charge in [-0.25, -0.2) is 31.5 Å². The number of benzene rings is 4.